The highest BCUT2D eigenvalue weighted by Crippen LogP contribution is 2.30. The molecule has 2 aliphatic rings. The van der Waals surface area contributed by atoms with Crippen molar-refractivity contribution in [3.05, 3.63) is 119 Å². The van der Waals surface area contributed by atoms with Crippen LogP contribution in [0.5, 0.6) is 0 Å². The fourth-order valence-electron chi connectivity index (χ4n) is 7.36. The number of benzene rings is 3. The van der Waals surface area contributed by atoms with Gasteiger partial charge in [0.15, 0.2) is 0 Å². The number of nitrogens with one attached hydrogen (secondary N) is 4. The van der Waals surface area contributed by atoms with Gasteiger partial charge in [0.1, 0.15) is 12.4 Å². The first kappa shape index (κ1) is 36.8. The van der Waals surface area contributed by atoms with Crippen molar-refractivity contribution >= 4 is 28.9 Å². The van der Waals surface area contributed by atoms with Crippen molar-refractivity contribution in [1.82, 2.24) is 40.7 Å². The van der Waals surface area contributed by atoms with Crippen molar-refractivity contribution < 1.29 is 18.9 Å². The summed E-state index contributed by atoms with van der Waals surface area (Å²) in [4.78, 5) is 45.3. The minimum Gasteiger partial charge on any atom is -0.374 e. The molecule has 1 aliphatic carbocycles. The van der Waals surface area contributed by atoms with Crippen LogP contribution in [0.2, 0.25) is 0 Å². The second-order valence-electron chi connectivity index (χ2n) is 15.8. The Morgan fingerprint density at radius 3 is 2.52 bits per heavy atom. The Labute approximate surface area is 324 Å². The summed E-state index contributed by atoms with van der Waals surface area (Å²) < 4.78 is 7.13. The topological polar surface area (TPSA) is 168 Å². The van der Waals surface area contributed by atoms with Crippen molar-refractivity contribution in [2.45, 2.75) is 90.4 Å². The first-order chi connectivity index (χ1) is 27.0. The van der Waals surface area contributed by atoms with E-state index in [-0.39, 0.29) is 35.0 Å². The quantitative estimate of drug-likeness (QED) is 0.125. The van der Waals surface area contributed by atoms with Crippen LogP contribution in [0.25, 0.3) is 27.9 Å². The van der Waals surface area contributed by atoms with Crippen molar-refractivity contribution in [2.75, 3.05) is 5.32 Å². The molecule has 4 N–H and O–H groups in total. The van der Waals surface area contributed by atoms with Crippen LogP contribution in [0.15, 0.2) is 83.8 Å². The molecule has 1 aliphatic heterocycles. The van der Waals surface area contributed by atoms with Crippen LogP contribution < -0.4 is 21.3 Å². The number of aromatic nitrogens is 5. The number of hydrogen-bond acceptors (Lipinski definition) is 10. The van der Waals surface area contributed by atoms with Crippen LogP contribution in [0.3, 0.4) is 0 Å². The lowest BCUT2D eigenvalue weighted by atomic mass is 9.87. The summed E-state index contributed by atoms with van der Waals surface area (Å²) in [5.74, 6) is -0.405. The van der Waals surface area contributed by atoms with Crippen LogP contribution in [0, 0.1) is 6.92 Å². The van der Waals surface area contributed by atoms with Crippen LogP contribution in [-0.2, 0) is 40.9 Å². The molecule has 56 heavy (non-hydrogen) atoms. The highest BCUT2D eigenvalue weighted by Gasteiger charge is 2.27. The van der Waals surface area contributed by atoms with Gasteiger partial charge in [0.25, 0.3) is 11.7 Å². The number of amides is 3. The summed E-state index contributed by atoms with van der Waals surface area (Å²) in [5.41, 5.74) is 11.2. The lowest BCUT2D eigenvalue weighted by Crippen LogP contribution is -2.47. The number of imide groups is 1. The van der Waals surface area contributed by atoms with E-state index in [9.17, 15) is 14.4 Å². The summed E-state index contributed by atoms with van der Waals surface area (Å²) in [6.07, 6.45) is 7.42. The average molecular weight is 752 g/mol. The standard InChI is InChI=1S/C43H45N9O4/c1-25-17-30(9-10-31(25)22-45-41(55)39-50-42(56-51-39)43(2,3)4)38-36-20-32(23-52(36)47-24-46-38)27-7-5-26(6-8-27)21-44-33-13-11-29-19-34(14-12-28(29)18-33)48-35-15-16-37(53)49-40(35)54/h5-10,12,14,17,19-20,23-24,33,35,44,48H,11,13,15-16,18,21-22H2,1-4H3,(H,45,55)(H,49,53,54). The molecule has 13 heteroatoms. The van der Waals surface area contributed by atoms with Gasteiger partial charge in [-0.15, -0.1) is 0 Å². The fourth-order valence-corrected chi connectivity index (χ4v) is 7.36. The van der Waals surface area contributed by atoms with Crippen molar-refractivity contribution in [2.24, 2.45) is 0 Å². The molecule has 4 heterocycles. The van der Waals surface area contributed by atoms with Crippen molar-refractivity contribution in [3.63, 3.8) is 0 Å². The van der Waals surface area contributed by atoms with E-state index in [4.69, 9.17) is 4.52 Å². The molecule has 3 amide bonds. The number of rotatable bonds is 10. The highest BCUT2D eigenvalue weighted by molar-refractivity contribution is 6.01. The monoisotopic (exact) mass is 751 g/mol. The Hall–Kier alpha value is -6.21. The molecule has 286 valence electrons. The fraction of sp³-hybridized carbons (Fsp3) is 0.326. The molecule has 0 saturated carbocycles. The zero-order chi connectivity index (χ0) is 39.0. The number of aryl methyl sites for hydroxylation is 2. The Kier molecular flexibility index (Phi) is 9.94. The lowest BCUT2D eigenvalue weighted by Gasteiger charge is -2.27. The van der Waals surface area contributed by atoms with E-state index in [1.165, 1.54) is 16.7 Å². The number of piperidine rings is 1. The highest BCUT2D eigenvalue weighted by atomic mass is 16.5. The van der Waals surface area contributed by atoms with Gasteiger partial charge in [-0.3, -0.25) is 19.7 Å². The van der Waals surface area contributed by atoms with E-state index < -0.39 is 0 Å². The van der Waals surface area contributed by atoms with Gasteiger partial charge in [-0.05, 0) is 90.3 Å². The van der Waals surface area contributed by atoms with Crippen LogP contribution in [0.1, 0.15) is 84.4 Å². The third-order valence-corrected chi connectivity index (χ3v) is 10.6. The molecule has 0 radical (unpaired) electrons. The lowest BCUT2D eigenvalue weighted by molar-refractivity contribution is -0.133. The number of hydrogen-bond donors (Lipinski definition) is 4. The second-order valence-corrected chi connectivity index (χ2v) is 15.8. The van der Waals surface area contributed by atoms with Gasteiger partial charge in [0.2, 0.25) is 17.7 Å². The first-order valence-electron chi connectivity index (χ1n) is 19.1. The maximum atomic E-state index is 12.7. The second kappa shape index (κ2) is 15.1. The van der Waals surface area contributed by atoms with Crippen molar-refractivity contribution in [1.29, 1.82) is 0 Å². The molecule has 0 bridgehead atoms. The summed E-state index contributed by atoms with van der Waals surface area (Å²) >= 11 is 0. The molecule has 2 unspecified atom stereocenters. The zero-order valence-corrected chi connectivity index (χ0v) is 32.0. The minimum absolute atomic E-state index is 0.0224. The van der Waals surface area contributed by atoms with E-state index in [2.05, 4.69) is 90.0 Å². The van der Waals surface area contributed by atoms with Gasteiger partial charge in [-0.1, -0.05) is 68.4 Å². The normalized spacial score (nSPS) is 17.1. The number of carbonyl (C=O) groups excluding carboxylic acids is 3. The third kappa shape index (κ3) is 7.94. The minimum atomic E-state index is -0.384. The molecule has 8 rings (SSSR count). The Balaban J connectivity index is 0.874. The average Bonchev–Trinajstić information content (AvgIpc) is 3.87. The first-order valence-corrected chi connectivity index (χ1v) is 19.1. The molecule has 0 spiro atoms. The molecule has 1 saturated heterocycles. The Morgan fingerprint density at radius 2 is 1.75 bits per heavy atom. The SMILES string of the molecule is Cc1cc(-c2ncnn3cc(-c4ccc(CNC5CCc6cc(NC7CCC(=O)NC7=O)ccc6C5)cc4)cc23)ccc1CNC(=O)c1noc(C(C)(C)C)n1. The predicted octanol–water partition coefficient (Wildman–Crippen LogP) is 5.85. The van der Waals surface area contributed by atoms with Gasteiger partial charge < -0.3 is 20.5 Å². The largest absolute Gasteiger partial charge is 0.374 e. The van der Waals surface area contributed by atoms with Gasteiger partial charge in [-0.2, -0.15) is 10.1 Å². The van der Waals surface area contributed by atoms with Gasteiger partial charge in [0, 0.05) is 54.0 Å². The molecule has 3 aromatic heterocycles. The van der Waals surface area contributed by atoms with E-state index in [1.807, 2.05) is 56.6 Å². The van der Waals surface area contributed by atoms with Crippen LogP contribution in [0.4, 0.5) is 5.69 Å². The van der Waals surface area contributed by atoms with Gasteiger partial charge in [-0.25, -0.2) is 9.50 Å². The summed E-state index contributed by atoms with van der Waals surface area (Å²) in [7, 11) is 0. The molecule has 6 aromatic rings. The maximum absolute atomic E-state index is 12.7. The van der Waals surface area contributed by atoms with Gasteiger partial charge >= 0.3 is 0 Å². The predicted molar refractivity (Wildman–Crippen MR) is 212 cm³/mol. The number of nitrogens with zero attached hydrogens (tertiary/aromatic N) is 5. The smallest absolute Gasteiger partial charge is 0.292 e. The van der Waals surface area contributed by atoms with E-state index in [0.29, 0.717) is 31.3 Å². The summed E-state index contributed by atoms with van der Waals surface area (Å²) in [5, 5.41) is 20.7. The van der Waals surface area contributed by atoms with Crippen LogP contribution in [-0.4, -0.2) is 54.5 Å². The number of anilines is 1. The zero-order valence-electron chi connectivity index (χ0n) is 32.0. The van der Waals surface area contributed by atoms with Crippen LogP contribution >= 0.6 is 0 Å². The molecule has 3 aromatic carbocycles. The number of carbonyl (C=O) groups is 3. The third-order valence-electron chi connectivity index (χ3n) is 10.6. The van der Waals surface area contributed by atoms with Crippen molar-refractivity contribution in [3.8, 4) is 22.4 Å². The molecule has 1 fully saturated rings. The summed E-state index contributed by atoms with van der Waals surface area (Å²) in [6.45, 7) is 8.97. The molecular weight excluding hydrogens is 707 g/mol. The maximum Gasteiger partial charge on any atom is 0.292 e. The Morgan fingerprint density at radius 1 is 0.929 bits per heavy atom. The Bertz CT molecular complexity index is 2440. The molecular formula is C43H45N9O4. The van der Waals surface area contributed by atoms with Gasteiger partial charge in [0.05, 0.1) is 11.2 Å². The van der Waals surface area contributed by atoms with E-state index >= 15 is 0 Å². The number of fused-ring (bicyclic) bond motifs is 2. The molecule has 2 atom stereocenters. The van der Waals surface area contributed by atoms with E-state index in [1.54, 1.807) is 6.33 Å². The molecule has 13 nitrogen and oxygen atoms in total. The van der Waals surface area contributed by atoms with E-state index in [0.717, 1.165) is 70.5 Å². The summed E-state index contributed by atoms with van der Waals surface area (Å²) in [6, 6.07) is 23.2.